The van der Waals surface area contributed by atoms with Gasteiger partial charge in [0.1, 0.15) is 5.76 Å². The third-order valence-corrected chi connectivity index (χ3v) is 4.71. The molecule has 1 fully saturated rings. The normalized spacial score (nSPS) is 15.2. The minimum absolute atomic E-state index is 0.0578. The van der Waals surface area contributed by atoms with E-state index < -0.39 is 0 Å². The average Bonchev–Trinajstić information content (AvgIpc) is 3.40. The van der Waals surface area contributed by atoms with Crippen LogP contribution in [-0.4, -0.2) is 44.5 Å². The molecule has 0 N–H and O–H groups in total. The third-order valence-electron chi connectivity index (χ3n) is 4.71. The standard InChI is InChI=1S/C20H22N4O3/c25-20(19-4-3-18(27-19)13-23-11-8-22-15-23)24-9-5-17(6-10-24)26-14-16-2-1-7-21-12-16/h1-4,7-8,11-12,15,17H,5-6,9-10,13-14H2. The van der Waals surface area contributed by atoms with Gasteiger partial charge in [-0.15, -0.1) is 0 Å². The van der Waals surface area contributed by atoms with Gasteiger partial charge in [-0.25, -0.2) is 4.98 Å². The molecule has 27 heavy (non-hydrogen) atoms. The number of aromatic nitrogens is 3. The maximum Gasteiger partial charge on any atom is 0.289 e. The molecule has 0 saturated carbocycles. The molecule has 1 amide bonds. The van der Waals surface area contributed by atoms with Gasteiger partial charge in [-0.05, 0) is 36.6 Å². The second-order valence-electron chi connectivity index (χ2n) is 6.66. The Morgan fingerprint density at radius 2 is 2.07 bits per heavy atom. The second kappa shape index (κ2) is 8.18. The first-order chi connectivity index (χ1) is 13.3. The van der Waals surface area contributed by atoms with Crippen molar-refractivity contribution in [3.8, 4) is 0 Å². The van der Waals surface area contributed by atoms with E-state index in [2.05, 4.69) is 9.97 Å². The highest BCUT2D eigenvalue weighted by molar-refractivity contribution is 5.91. The first kappa shape index (κ1) is 17.5. The molecule has 1 saturated heterocycles. The molecule has 140 valence electrons. The third kappa shape index (κ3) is 4.43. The Hall–Kier alpha value is -2.93. The van der Waals surface area contributed by atoms with Crippen LogP contribution in [0.15, 0.2) is 59.8 Å². The number of rotatable bonds is 6. The Morgan fingerprint density at radius 1 is 1.19 bits per heavy atom. The monoisotopic (exact) mass is 366 g/mol. The Kier molecular flexibility index (Phi) is 5.29. The Bertz CT molecular complexity index is 853. The zero-order chi connectivity index (χ0) is 18.5. The van der Waals surface area contributed by atoms with E-state index in [1.54, 1.807) is 24.8 Å². The van der Waals surface area contributed by atoms with Crippen molar-refractivity contribution >= 4 is 5.91 Å². The number of amides is 1. The van der Waals surface area contributed by atoms with Crippen LogP contribution in [0.1, 0.15) is 34.7 Å². The first-order valence-electron chi connectivity index (χ1n) is 9.12. The molecule has 0 atom stereocenters. The lowest BCUT2D eigenvalue weighted by atomic mass is 10.1. The number of piperidine rings is 1. The molecule has 1 aliphatic rings. The number of imidazole rings is 1. The molecular formula is C20H22N4O3. The summed E-state index contributed by atoms with van der Waals surface area (Å²) in [7, 11) is 0. The maximum absolute atomic E-state index is 12.7. The van der Waals surface area contributed by atoms with Crippen LogP contribution in [0.4, 0.5) is 0 Å². The smallest absolute Gasteiger partial charge is 0.289 e. The topological polar surface area (TPSA) is 73.4 Å². The number of furan rings is 1. The van der Waals surface area contributed by atoms with E-state index in [0.29, 0.717) is 32.0 Å². The number of ether oxygens (including phenoxy) is 1. The Labute approximate surface area is 157 Å². The Morgan fingerprint density at radius 3 is 2.81 bits per heavy atom. The van der Waals surface area contributed by atoms with Crippen LogP contribution in [0.2, 0.25) is 0 Å². The summed E-state index contributed by atoms with van der Waals surface area (Å²) in [5.74, 6) is 1.07. The summed E-state index contributed by atoms with van der Waals surface area (Å²) >= 11 is 0. The molecule has 0 bridgehead atoms. The van der Waals surface area contributed by atoms with Crippen molar-refractivity contribution in [3.63, 3.8) is 0 Å². The summed E-state index contributed by atoms with van der Waals surface area (Å²) in [6, 6.07) is 7.50. The van der Waals surface area contributed by atoms with Gasteiger partial charge in [0.15, 0.2) is 5.76 Å². The van der Waals surface area contributed by atoms with Crippen LogP contribution in [-0.2, 0) is 17.9 Å². The summed E-state index contributed by atoms with van der Waals surface area (Å²) in [6.45, 7) is 2.47. The van der Waals surface area contributed by atoms with Gasteiger partial charge in [-0.1, -0.05) is 6.07 Å². The highest BCUT2D eigenvalue weighted by Gasteiger charge is 2.26. The van der Waals surface area contributed by atoms with Gasteiger partial charge >= 0.3 is 0 Å². The van der Waals surface area contributed by atoms with Gasteiger partial charge < -0.3 is 18.6 Å². The summed E-state index contributed by atoms with van der Waals surface area (Å²) in [5.41, 5.74) is 1.07. The number of carbonyl (C=O) groups is 1. The van der Waals surface area contributed by atoms with Crippen LogP contribution in [0, 0.1) is 0 Å². The summed E-state index contributed by atoms with van der Waals surface area (Å²) in [5, 5.41) is 0. The molecule has 7 heteroatoms. The highest BCUT2D eigenvalue weighted by Crippen LogP contribution is 2.19. The van der Waals surface area contributed by atoms with E-state index in [1.807, 2.05) is 40.1 Å². The van der Waals surface area contributed by atoms with Gasteiger partial charge in [-0.2, -0.15) is 0 Å². The fraction of sp³-hybridized carbons (Fsp3) is 0.350. The van der Waals surface area contributed by atoms with E-state index in [1.165, 1.54) is 0 Å². The average molecular weight is 366 g/mol. The lowest BCUT2D eigenvalue weighted by Gasteiger charge is -2.31. The van der Waals surface area contributed by atoms with E-state index in [0.717, 1.165) is 24.2 Å². The Balaban J connectivity index is 1.26. The van der Waals surface area contributed by atoms with E-state index >= 15 is 0 Å². The number of nitrogens with zero attached hydrogens (tertiary/aromatic N) is 4. The van der Waals surface area contributed by atoms with Crippen LogP contribution >= 0.6 is 0 Å². The van der Waals surface area contributed by atoms with Crippen molar-refractivity contribution in [3.05, 3.63) is 72.5 Å². The number of likely N-dealkylation sites (tertiary alicyclic amines) is 1. The lowest BCUT2D eigenvalue weighted by Crippen LogP contribution is -2.40. The number of carbonyl (C=O) groups excluding carboxylic acids is 1. The van der Waals surface area contributed by atoms with Gasteiger partial charge in [0.05, 0.1) is 25.6 Å². The zero-order valence-electron chi connectivity index (χ0n) is 15.0. The van der Waals surface area contributed by atoms with Gasteiger partial charge in [0.25, 0.3) is 5.91 Å². The molecule has 0 unspecified atom stereocenters. The number of pyridine rings is 1. The molecule has 1 aliphatic heterocycles. The molecule has 0 spiro atoms. The summed E-state index contributed by atoms with van der Waals surface area (Å²) in [6.07, 6.45) is 10.7. The minimum Gasteiger partial charge on any atom is -0.454 e. The molecular weight excluding hydrogens is 344 g/mol. The number of hydrogen-bond donors (Lipinski definition) is 0. The van der Waals surface area contributed by atoms with E-state index in [4.69, 9.17) is 9.15 Å². The van der Waals surface area contributed by atoms with Crippen molar-refractivity contribution in [1.29, 1.82) is 0 Å². The van der Waals surface area contributed by atoms with Crippen molar-refractivity contribution < 1.29 is 13.9 Å². The van der Waals surface area contributed by atoms with Gasteiger partial charge in [-0.3, -0.25) is 9.78 Å². The SMILES string of the molecule is O=C(c1ccc(Cn2ccnc2)o1)N1CCC(OCc2cccnc2)CC1. The molecule has 0 aromatic carbocycles. The first-order valence-corrected chi connectivity index (χ1v) is 9.12. The number of hydrogen-bond acceptors (Lipinski definition) is 5. The fourth-order valence-corrected chi connectivity index (χ4v) is 3.22. The van der Waals surface area contributed by atoms with E-state index in [-0.39, 0.29) is 12.0 Å². The van der Waals surface area contributed by atoms with Crippen molar-refractivity contribution in [2.24, 2.45) is 0 Å². The van der Waals surface area contributed by atoms with Crippen molar-refractivity contribution in [2.75, 3.05) is 13.1 Å². The summed E-state index contributed by atoms with van der Waals surface area (Å²) in [4.78, 5) is 22.6. The second-order valence-corrected chi connectivity index (χ2v) is 6.66. The van der Waals surface area contributed by atoms with Crippen molar-refractivity contribution in [2.45, 2.75) is 32.1 Å². The predicted octanol–water partition coefficient (Wildman–Crippen LogP) is 2.74. The minimum atomic E-state index is -0.0578. The molecule has 3 aromatic rings. The van der Waals surface area contributed by atoms with Crippen LogP contribution in [0.3, 0.4) is 0 Å². The zero-order valence-corrected chi connectivity index (χ0v) is 15.0. The maximum atomic E-state index is 12.7. The van der Waals surface area contributed by atoms with Gasteiger partial charge in [0, 0.05) is 37.9 Å². The highest BCUT2D eigenvalue weighted by atomic mass is 16.5. The molecule has 4 rings (SSSR count). The van der Waals surface area contributed by atoms with Crippen LogP contribution in [0.5, 0.6) is 0 Å². The quantitative estimate of drug-likeness (QED) is 0.671. The molecule has 4 heterocycles. The lowest BCUT2D eigenvalue weighted by molar-refractivity contribution is -0.00116. The largest absolute Gasteiger partial charge is 0.454 e. The predicted molar refractivity (Wildman–Crippen MR) is 98.0 cm³/mol. The summed E-state index contributed by atoms with van der Waals surface area (Å²) < 4.78 is 13.6. The van der Waals surface area contributed by atoms with Gasteiger partial charge in [0.2, 0.25) is 0 Å². The van der Waals surface area contributed by atoms with Crippen molar-refractivity contribution in [1.82, 2.24) is 19.4 Å². The fourth-order valence-electron chi connectivity index (χ4n) is 3.22. The molecule has 0 radical (unpaired) electrons. The molecule has 3 aromatic heterocycles. The van der Waals surface area contributed by atoms with Crippen LogP contribution < -0.4 is 0 Å². The van der Waals surface area contributed by atoms with Crippen LogP contribution in [0.25, 0.3) is 0 Å². The van der Waals surface area contributed by atoms with E-state index in [9.17, 15) is 4.79 Å². The molecule has 7 nitrogen and oxygen atoms in total. The molecule has 0 aliphatic carbocycles.